The SMILES string of the molecule is CCc1ccc([Si](C)(C)c2ccc(C(=O)c3ccccc3)cc2)cc1. The molecule has 0 amide bonds. The lowest BCUT2D eigenvalue weighted by Gasteiger charge is -2.24. The summed E-state index contributed by atoms with van der Waals surface area (Å²) in [5, 5.41) is 2.77. The molecule has 0 atom stereocenters. The topological polar surface area (TPSA) is 17.1 Å². The van der Waals surface area contributed by atoms with E-state index in [1.54, 1.807) is 0 Å². The molecule has 0 aliphatic carbocycles. The number of benzene rings is 3. The van der Waals surface area contributed by atoms with Gasteiger partial charge in [-0.2, -0.15) is 0 Å². The van der Waals surface area contributed by atoms with Crippen molar-refractivity contribution in [1.29, 1.82) is 0 Å². The zero-order valence-electron chi connectivity index (χ0n) is 15.1. The van der Waals surface area contributed by atoms with Crippen LogP contribution in [-0.4, -0.2) is 13.9 Å². The molecule has 25 heavy (non-hydrogen) atoms. The van der Waals surface area contributed by atoms with Gasteiger partial charge in [0.2, 0.25) is 0 Å². The average molecular weight is 345 g/mol. The Morgan fingerprint density at radius 1 is 0.720 bits per heavy atom. The van der Waals surface area contributed by atoms with E-state index in [2.05, 4.69) is 56.4 Å². The molecule has 0 aliphatic heterocycles. The molecule has 0 heterocycles. The summed E-state index contributed by atoms with van der Waals surface area (Å²) in [6.45, 7) is 6.91. The molecule has 1 nitrogen and oxygen atoms in total. The molecule has 0 unspecified atom stereocenters. The van der Waals surface area contributed by atoms with Crippen molar-refractivity contribution in [3.8, 4) is 0 Å². The third kappa shape index (κ3) is 3.64. The highest BCUT2D eigenvalue weighted by molar-refractivity contribution is 7.00. The molecule has 0 aliphatic rings. The number of ketones is 1. The molecule has 126 valence electrons. The second-order valence-electron chi connectivity index (χ2n) is 6.95. The van der Waals surface area contributed by atoms with Crippen LogP contribution in [0.25, 0.3) is 0 Å². The molecule has 0 fully saturated rings. The summed E-state index contributed by atoms with van der Waals surface area (Å²) in [4.78, 5) is 12.6. The van der Waals surface area contributed by atoms with E-state index >= 15 is 0 Å². The van der Waals surface area contributed by atoms with Gasteiger partial charge in [-0.3, -0.25) is 4.79 Å². The van der Waals surface area contributed by atoms with Crippen molar-refractivity contribution in [2.45, 2.75) is 26.4 Å². The summed E-state index contributed by atoms with van der Waals surface area (Å²) in [5.74, 6) is 0.0823. The van der Waals surface area contributed by atoms with Crippen LogP contribution < -0.4 is 10.4 Å². The summed E-state index contributed by atoms with van der Waals surface area (Å²) in [6, 6.07) is 26.7. The fraction of sp³-hybridized carbons (Fsp3) is 0.174. The van der Waals surface area contributed by atoms with Crippen molar-refractivity contribution in [2.75, 3.05) is 0 Å². The fourth-order valence-electron chi connectivity index (χ4n) is 3.12. The standard InChI is InChI=1S/C23H24OSi/c1-4-18-10-14-21(15-11-18)25(2,3)22-16-12-20(13-17-22)23(24)19-8-6-5-7-9-19/h5-17H,4H2,1-3H3. The Morgan fingerprint density at radius 3 is 1.72 bits per heavy atom. The van der Waals surface area contributed by atoms with E-state index in [9.17, 15) is 4.79 Å². The van der Waals surface area contributed by atoms with Crippen LogP contribution in [0.5, 0.6) is 0 Å². The smallest absolute Gasteiger partial charge is 0.193 e. The van der Waals surface area contributed by atoms with Crippen LogP contribution in [0.15, 0.2) is 78.9 Å². The number of rotatable bonds is 5. The number of carbonyl (C=O) groups excluding carboxylic acids is 1. The predicted octanol–water partition coefficient (Wildman–Crippen LogP) is 4.30. The van der Waals surface area contributed by atoms with E-state index in [0.29, 0.717) is 0 Å². The second kappa shape index (κ2) is 7.20. The highest BCUT2D eigenvalue weighted by atomic mass is 28.3. The number of aryl methyl sites for hydroxylation is 1. The molecule has 2 heteroatoms. The van der Waals surface area contributed by atoms with Crippen molar-refractivity contribution in [1.82, 2.24) is 0 Å². The van der Waals surface area contributed by atoms with E-state index < -0.39 is 8.07 Å². The molecule has 0 bridgehead atoms. The fourth-order valence-corrected chi connectivity index (χ4v) is 5.45. The molecule has 0 N–H and O–H groups in total. The van der Waals surface area contributed by atoms with E-state index in [0.717, 1.165) is 17.5 Å². The third-order valence-corrected chi connectivity index (χ3v) is 8.54. The van der Waals surface area contributed by atoms with Crippen LogP contribution in [-0.2, 0) is 6.42 Å². The van der Waals surface area contributed by atoms with Crippen molar-refractivity contribution < 1.29 is 4.79 Å². The van der Waals surface area contributed by atoms with Crippen LogP contribution in [0.3, 0.4) is 0 Å². The van der Waals surface area contributed by atoms with Gasteiger partial charge in [-0.15, -0.1) is 0 Å². The molecular formula is C23H24OSi. The molecule has 0 spiro atoms. The molecule has 3 rings (SSSR count). The summed E-state index contributed by atoms with van der Waals surface area (Å²) < 4.78 is 0. The van der Waals surface area contributed by atoms with E-state index in [-0.39, 0.29) is 5.78 Å². The van der Waals surface area contributed by atoms with Gasteiger partial charge in [0.05, 0.1) is 0 Å². The maximum atomic E-state index is 12.6. The lowest BCUT2D eigenvalue weighted by molar-refractivity contribution is 0.103. The Morgan fingerprint density at radius 2 is 1.20 bits per heavy atom. The summed E-state index contributed by atoms with van der Waals surface area (Å²) in [5.41, 5.74) is 2.86. The normalized spacial score (nSPS) is 11.3. The number of hydrogen-bond acceptors (Lipinski definition) is 1. The summed E-state index contributed by atoms with van der Waals surface area (Å²) >= 11 is 0. The second-order valence-corrected chi connectivity index (χ2v) is 11.4. The van der Waals surface area contributed by atoms with Crippen LogP contribution in [0.1, 0.15) is 28.4 Å². The quantitative estimate of drug-likeness (QED) is 0.498. The predicted molar refractivity (Wildman–Crippen MR) is 109 cm³/mol. The number of carbonyl (C=O) groups is 1. The molecule has 0 saturated carbocycles. The summed E-state index contributed by atoms with van der Waals surface area (Å²) in [6.07, 6.45) is 1.07. The van der Waals surface area contributed by atoms with Crippen molar-refractivity contribution in [3.05, 3.63) is 95.6 Å². The van der Waals surface area contributed by atoms with E-state index in [4.69, 9.17) is 0 Å². The Labute approximate surface area is 151 Å². The minimum Gasteiger partial charge on any atom is -0.289 e. The van der Waals surface area contributed by atoms with E-state index in [1.165, 1.54) is 15.9 Å². The van der Waals surface area contributed by atoms with Crippen molar-refractivity contribution in [2.24, 2.45) is 0 Å². The van der Waals surface area contributed by atoms with Gasteiger partial charge in [0.15, 0.2) is 5.78 Å². The molecule has 0 aromatic heterocycles. The third-order valence-electron chi connectivity index (χ3n) is 4.99. The van der Waals surface area contributed by atoms with Crippen LogP contribution in [0, 0.1) is 0 Å². The maximum Gasteiger partial charge on any atom is 0.193 e. The minimum atomic E-state index is -1.74. The Balaban J connectivity index is 1.86. The Bertz CT molecular complexity index is 847. The van der Waals surface area contributed by atoms with Crippen LogP contribution in [0.4, 0.5) is 0 Å². The number of hydrogen-bond donors (Lipinski definition) is 0. The van der Waals surface area contributed by atoms with Gasteiger partial charge in [0.25, 0.3) is 0 Å². The maximum absolute atomic E-state index is 12.6. The highest BCUT2D eigenvalue weighted by Crippen LogP contribution is 2.11. The van der Waals surface area contributed by atoms with Gasteiger partial charge in [0, 0.05) is 11.1 Å². The van der Waals surface area contributed by atoms with Crippen molar-refractivity contribution >= 4 is 24.2 Å². The van der Waals surface area contributed by atoms with Crippen LogP contribution in [0.2, 0.25) is 13.1 Å². The summed E-state index contributed by atoms with van der Waals surface area (Å²) in [7, 11) is -1.74. The molecular weight excluding hydrogens is 320 g/mol. The van der Waals surface area contributed by atoms with Crippen molar-refractivity contribution in [3.63, 3.8) is 0 Å². The first-order valence-corrected chi connectivity index (χ1v) is 11.8. The molecule has 0 radical (unpaired) electrons. The zero-order chi connectivity index (χ0) is 17.9. The molecule has 3 aromatic rings. The highest BCUT2D eigenvalue weighted by Gasteiger charge is 2.26. The van der Waals surface area contributed by atoms with Gasteiger partial charge >= 0.3 is 0 Å². The minimum absolute atomic E-state index is 0.0823. The van der Waals surface area contributed by atoms with Gasteiger partial charge in [-0.1, -0.05) is 109 Å². The van der Waals surface area contributed by atoms with Gasteiger partial charge < -0.3 is 0 Å². The monoisotopic (exact) mass is 344 g/mol. The van der Waals surface area contributed by atoms with Gasteiger partial charge in [-0.25, -0.2) is 0 Å². The zero-order valence-corrected chi connectivity index (χ0v) is 16.1. The molecule has 0 saturated heterocycles. The Hall–Kier alpha value is -2.45. The lowest BCUT2D eigenvalue weighted by Crippen LogP contribution is -2.52. The van der Waals surface area contributed by atoms with Gasteiger partial charge in [0.1, 0.15) is 8.07 Å². The largest absolute Gasteiger partial charge is 0.289 e. The first-order valence-electron chi connectivity index (χ1n) is 8.82. The first-order chi connectivity index (χ1) is 12.0. The van der Waals surface area contributed by atoms with Gasteiger partial charge in [-0.05, 0) is 12.0 Å². The Kier molecular flexibility index (Phi) is 5.00. The average Bonchev–Trinajstić information content (AvgIpc) is 2.68. The first kappa shape index (κ1) is 17.4. The molecule has 3 aromatic carbocycles. The lowest BCUT2D eigenvalue weighted by atomic mass is 10.0. The van der Waals surface area contributed by atoms with E-state index in [1.807, 2.05) is 42.5 Å². The van der Waals surface area contributed by atoms with Crippen LogP contribution >= 0.6 is 0 Å².